The summed E-state index contributed by atoms with van der Waals surface area (Å²) in [5.41, 5.74) is 2.59. The predicted molar refractivity (Wildman–Crippen MR) is 141 cm³/mol. The van der Waals surface area contributed by atoms with Crippen LogP contribution in [0.3, 0.4) is 0 Å². The first-order valence-electron chi connectivity index (χ1n) is 11.5. The number of carbonyl (C=O) groups is 3. The van der Waals surface area contributed by atoms with Gasteiger partial charge in [0.1, 0.15) is 11.0 Å². The van der Waals surface area contributed by atoms with Crippen LogP contribution in [-0.4, -0.2) is 32.7 Å². The van der Waals surface area contributed by atoms with Crippen LogP contribution in [0.25, 0.3) is 10.6 Å². The van der Waals surface area contributed by atoms with Gasteiger partial charge in [-0.25, -0.2) is 4.98 Å². The maximum Gasteiger partial charge on any atom is 0.294 e. The molecule has 5 rings (SSSR count). The van der Waals surface area contributed by atoms with Crippen molar-refractivity contribution in [1.82, 2.24) is 9.97 Å². The molecule has 0 radical (unpaired) electrons. The van der Waals surface area contributed by atoms with Gasteiger partial charge in [0.15, 0.2) is 5.76 Å². The molecule has 4 aromatic rings. The molecule has 1 atom stereocenters. The van der Waals surface area contributed by atoms with Gasteiger partial charge in [0.25, 0.3) is 5.91 Å². The summed E-state index contributed by atoms with van der Waals surface area (Å²) in [5.74, 6) is -2.12. The lowest BCUT2D eigenvalue weighted by Gasteiger charge is -2.26. The molecule has 0 fully saturated rings. The van der Waals surface area contributed by atoms with Crippen LogP contribution in [0.1, 0.15) is 34.0 Å². The number of pyridine rings is 1. The minimum atomic E-state index is -0.976. The fourth-order valence-corrected chi connectivity index (χ4v) is 5.32. The van der Waals surface area contributed by atoms with Crippen LogP contribution in [0, 0.1) is 6.92 Å². The van der Waals surface area contributed by atoms with E-state index in [2.05, 4.69) is 15.3 Å². The van der Waals surface area contributed by atoms with Crippen LogP contribution in [0.4, 0.5) is 11.4 Å². The Morgan fingerprint density at radius 3 is 2.49 bits per heavy atom. The molecule has 2 aromatic carbocycles. The molecule has 0 saturated heterocycles. The van der Waals surface area contributed by atoms with E-state index in [0.717, 1.165) is 5.56 Å². The second-order valence-corrected chi connectivity index (χ2v) is 9.45. The molecule has 2 aromatic heterocycles. The number of aliphatic hydroxyl groups is 1. The average Bonchev–Trinajstić information content (AvgIpc) is 3.42. The molecule has 8 nitrogen and oxygen atoms in total. The Morgan fingerprint density at radius 2 is 1.78 bits per heavy atom. The Morgan fingerprint density at radius 1 is 1.03 bits per heavy atom. The van der Waals surface area contributed by atoms with E-state index in [1.807, 2.05) is 30.3 Å². The van der Waals surface area contributed by atoms with E-state index in [0.29, 0.717) is 32.6 Å². The largest absolute Gasteiger partial charge is 0.503 e. The highest BCUT2D eigenvalue weighted by atomic mass is 32.1. The third kappa shape index (κ3) is 4.52. The number of rotatable bonds is 6. The Kier molecular flexibility index (Phi) is 6.37. The second-order valence-electron chi connectivity index (χ2n) is 8.45. The van der Waals surface area contributed by atoms with Crippen molar-refractivity contribution in [2.45, 2.75) is 19.9 Å². The molecule has 1 unspecified atom stereocenters. The molecule has 0 saturated carbocycles. The van der Waals surface area contributed by atoms with Gasteiger partial charge in [-0.05, 0) is 37.3 Å². The fourth-order valence-electron chi connectivity index (χ4n) is 4.29. The third-order valence-corrected chi connectivity index (χ3v) is 7.09. The zero-order chi connectivity index (χ0) is 26.1. The number of anilines is 2. The third-order valence-electron chi connectivity index (χ3n) is 5.89. The van der Waals surface area contributed by atoms with Crippen LogP contribution in [0.15, 0.2) is 90.3 Å². The van der Waals surface area contributed by atoms with Crippen molar-refractivity contribution in [2.24, 2.45) is 0 Å². The first-order valence-corrected chi connectivity index (χ1v) is 12.3. The maximum absolute atomic E-state index is 13.9. The number of hydrogen-bond donors (Lipinski definition) is 2. The summed E-state index contributed by atoms with van der Waals surface area (Å²) >= 11 is 1.21. The normalized spacial score (nSPS) is 15.2. The lowest BCUT2D eigenvalue weighted by Crippen LogP contribution is -2.31. The van der Waals surface area contributed by atoms with E-state index < -0.39 is 23.5 Å². The van der Waals surface area contributed by atoms with Gasteiger partial charge in [-0.15, -0.1) is 11.3 Å². The molecule has 1 aliphatic rings. The number of nitrogens with one attached hydrogen (secondary N) is 1. The summed E-state index contributed by atoms with van der Waals surface area (Å²) < 4.78 is 0. The summed E-state index contributed by atoms with van der Waals surface area (Å²) in [6, 6.07) is 20.3. The molecule has 1 aliphatic heterocycles. The predicted octanol–water partition coefficient (Wildman–Crippen LogP) is 5.25. The monoisotopic (exact) mass is 510 g/mol. The number of ketones is 1. The summed E-state index contributed by atoms with van der Waals surface area (Å²) in [6.07, 6.45) is 1.56. The van der Waals surface area contributed by atoms with Crippen molar-refractivity contribution in [1.29, 1.82) is 0 Å². The first-order chi connectivity index (χ1) is 17.8. The van der Waals surface area contributed by atoms with Gasteiger partial charge in [-0.1, -0.05) is 42.5 Å². The highest BCUT2D eigenvalue weighted by molar-refractivity contribution is 7.17. The lowest BCUT2D eigenvalue weighted by atomic mass is 9.98. The van der Waals surface area contributed by atoms with Gasteiger partial charge in [0.2, 0.25) is 11.7 Å². The summed E-state index contributed by atoms with van der Waals surface area (Å²) in [7, 11) is 0. The van der Waals surface area contributed by atoms with E-state index in [9.17, 15) is 19.5 Å². The Hall–Kier alpha value is -4.63. The number of Topliss-reactive ketones (excluding diaryl/α,β-unsaturated/α-hetero) is 1. The maximum atomic E-state index is 13.9. The number of aromatic nitrogens is 2. The van der Waals surface area contributed by atoms with Crippen molar-refractivity contribution in [3.8, 4) is 10.6 Å². The Labute approximate surface area is 216 Å². The Balaban J connectivity index is 1.61. The molecule has 3 heterocycles. The lowest BCUT2D eigenvalue weighted by molar-refractivity contribution is -0.117. The molecule has 0 aliphatic carbocycles. The van der Waals surface area contributed by atoms with Crippen molar-refractivity contribution in [3.63, 3.8) is 0 Å². The van der Waals surface area contributed by atoms with E-state index in [-0.39, 0.29) is 11.5 Å². The number of aryl methyl sites for hydroxylation is 1. The number of nitrogens with zero attached hydrogens (tertiary/aromatic N) is 3. The molecule has 37 heavy (non-hydrogen) atoms. The molecule has 0 spiro atoms. The molecule has 0 bridgehead atoms. The number of amides is 2. The van der Waals surface area contributed by atoms with E-state index in [1.165, 1.54) is 23.2 Å². The van der Waals surface area contributed by atoms with Gasteiger partial charge in [-0.3, -0.25) is 24.3 Å². The van der Waals surface area contributed by atoms with E-state index >= 15 is 0 Å². The van der Waals surface area contributed by atoms with Gasteiger partial charge in [-0.2, -0.15) is 0 Å². The number of benzene rings is 2. The van der Waals surface area contributed by atoms with Crippen molar-refractivity contribution < 1.29 is 19.5 Å². The number of thiazole rings is 1. The standard InChI is InChI=1S/C28H22N4O4S/c1-16-26(37-27(30-16)18-9-4-3-5-10-18)24(34)22-23(21-13-6-7-14-29-21)32(28(36)25(22)35)20-12-8-11-19(15-20)31-17(2)33/h3-15,23,35H,1-2H3,(H,31,33). The second kappa shape index (κ2) is 9.79. The van der Waals surface area contributed by atoms with Crippen LogP contribution in [-0.2, 0) is 9.59 Å². The number of carbonyl (C=O) groups excluding carboxylic acids is 3. The summed E-state index contributed by atoms with van der Waals surface area (Å²) in [4.78, 5) is 49.6. The van der Waals surface area contributed by atoms with Gasteiger partial charge in [0, 0.05) is 30.1 Å². The van der Waals surface area contributed by atoms with E-state index in [4.69, 9.17) is 0 Å². The fraction of sp³-hybridized carbons (Fsp3) is 0.107. The molecule has 184 valence electrons. The van der Waals surface area contributed by atoms with Gasteiger partial charge in [0.05, 0.1) is 21.8 Å². The topological polar surface area (TPSA) is 112 Å². The summed E-state index contributed by atoms with van der Waals surface area (Å²) in [6.45, 7) is 3.12. The zero-order valence-electron chi connectivity index (χ0n) is 20.0. The SMILES string of the molecule is CC(=O)Nc1cccc(N2C(=O)C(O)=C(C(=O)c3sc(-c4ccccc4)nc3C)C2c2ccccn2)c1. The molecular weight excluding hydrogens is 488 g/mol. The molecule has 2 N–H and O–H groups in total. The first kappa shape index (κ1) is 24.1. The van der Waals surface area contributed by atoms with E-state index in [1.54, 1.807) is 55.6 Å². The van der Waals surface area contributed by atoms with Crippen molar-refractivity contribution in [2.75, 3.05) is 10.2 Å². The quantitative estimate of drug-likeness (QED) is 0.343. The zero-order valence-corrected chi connectivity index (χ0v) is 20.8. The van der Waals surface area contributed by atoms with Crippen LogP contribution in [0.2, 0.25) is 0 Å². The summed E-state index contributed by atoms with van der Waals surface area (Å²) in [5, 5.41) is 14.4. The highest BCUT2D eigenvalue weighted by Gasteiger charge is 2.46. The minimum absolute atomic E-state index is 0.0695. The Bertz CT molecular complexity index is 1550. The van der Waals surface area contributed by atoms with Gasteiger partial charge < -0.3 is 10.4 Å². The molecular formula is C28H22N4O4S. The highest BCUT2D eigenvalue weighted by Crippen LogP contribution is 2.43. The van der Waals surface area contributed by atoms with Crippen LogP contribution < -0.4 is 10.2 Å². The van der Waals surface area contributed by atoms with Gasteiger partial charge >= 0.3 is 0 Å². The van der Waals surface area contributed by atoms with Crippen LogP contribution in [0.5, 0.6) is 0 Å². The van der Waals surface area contributed by atoms with Crippen LogP contribution >= 0.6 is 11.3 Å². The van der Waals surface area contributed by atoms with Crippen molar-refractivity contribution in [3.05, 3.63) is 107 Å². The number of aliphatic hydroxyl groups excluding tert-OH is 1. The minimum Gasteiger partial charge on any atom is -0.503 e. The molecule has 9 heteroatoms. The molecule has 2 amide bonds. The van der Waals surface area contributed by atoms with Crippen molar-refractivity contribution >= 4 is 40.3 Å². The smallest absolute Gasteiger partial charge is 0.294 e. The number of hydrogen-bond acceptors (Lipinski definition) is 7. The average molecular weight is 511 g/mol.